The van der Waals surface area contributed by atoms with Crippen LogP contribution in [-0.4, -0.2) is 25.6 Å². The van der Waals surface area contributed by atoms with Crippen LogP contribution in [0.2, 0.25) is 0 Å². The first-order valence-corrected chi connectivity index (χ1v) is 12.4. The van der Waals surface area contributed by atoms with E-state index in [0.717, 1.165) is 28.6 Å². The van der Waals surface area contributed by atoms with Crippen LogP contribution in [0.25, 0.3) is 22.6 Å². The highest BCUT2D eigenvalue weighted by Gasteiger charge is 2.18. The van der Waals surface area contributed by atoms with Crippen LogP contribution < -0.4 is 5.32 Å². The summed E-state index contributed by atoms with van der Waals surface area (Å²) in [6.45, 7) is 1.81. The fourth-order valence-electron chi connectivity index (χ4n) is 3.45. The van der Waals surface area contributed by atoms with E-state index in [4.69, 9.17) is 4.42 Å². The van der Waals surface area contributed by atoms with Gasteiger partial charge in [0.15, 0.2) is 21.5 Å². The number of carbonyl (C=O) groups is 1. The van der Waals surface area contributed by atoms with Crippen LogP contribution in [0.5, 0.6) is 0 Å². The minimum atomic E-state index is -3.36. The number of oxazole rings is 1. The monoisotopic (exact) mass is 460 g/mol. The van der Waals surface area contributed by atoms with Gasteiger partial charge in [0.1, 0.15) is 5.69 Å². The number of aryl methyl sites for hydroxylation is 2. The molecule has 6 nitrogen and oxygen atoms in total. The van der Waals surface area contributed by atoms with Crippen molar-refractivity contribution in [2.75, 3.05) is 11.6 Å². The topological polar surface area (TPSA) is 89.3 Å². The summed E-state index contributed by atoms with van der Waals surface area (Å²) in [5.41, 5.74) is 3.83. The van der Waals surface area contributed by atoms with Crippen LogP contribution in [-0.2, 0) is 21.1 Å². The lowest BCUT2D eigenvalue weighted by Gasteiger charge is -2.09. The van der Waals surface area contributed by atoms with Crippen molar-refractivity contribution in [1.82, 2.24) is 4.98 Å². The molecule has 0 spiro atoms. The molecule has 3 aromatic carbocycles. The number of rotatable bonds is 7. The molecular weight excluding hydrogens is 436 g/mol. The molecule has 0 unspecified atom stereocenters. The zero-order valence-electron chi connectivity index (χ0n) is 18.4. The Morgan fingerprint density at radius 3 is 2.21 bits per heavy atom. The molecule has 7 heteroatoms. The minimum Gasteiger partial charge on any atom is -0.440 e. The fraction of sp³-hybridized carbons (Fsp3) is 0.154. The van der Waals surface area contributed by atoms with E-state index in [1.807, 2.05) is 67.6 Å². The number of carbonyl (C=O) groups excluding carboxylic acids is 1. The summed E-state index contributed by atoms with van der Waals surface area (Å²) in [6.07, 6.45) is 1.59. The lowest BCUT2D eigenvalue weighted by Crippen LogP contribution is -2.14. The van der Waals surface area contributed by atoms with E-state index in [9.17, 15) is 13.2 Å². The number of benzene rings is 3. The van der Waals surface area contributed by atoms with E-state index in [0.29, 0.717) is 23.8 Å². The Morgan fingerprint density at radius 2 is 1.58 bits per heavy atom. The molecule has 0 bridgehead atoms. The Bertz CT molecular complexity index is 1320. The zero-order chi connectivity index (χ0) is 23.4. The summed E-state index contributed by atoms with van der Waals surface area (Å²) in [5, 5.41) is 2.80. The van der Waals surface area contributed by atoms with Gasteiger partial charge in [-0.1, -0.05) is 66.7 Å². The summed E-state index contributed by atoms with van der Waals surface area (Å²) in [5.74, 6) is 0.878. The molecule has 1 amide bonds. The van der Waals surface area contributed by atoms with Gasteiger partial charge >= 0.3 is 0 Å². The number of nitrogens with one attached hydrogen (secondary N) is 1. The molecule has 1 heterocycles. The predicted octanol–water partition coefficient (Wildman–Crippen LogP) is 5.29. The van der Waals surface area contributed by atoms with Crippen molar-refractivity contribution in [2.45, 2.75) is 24.7 Å². The van der Waals surface area contributed by atoms with Gasteiger partial charge < -0.3 is 9.73 Å². The molecule has 0 aliphatic heterocycles. The minimum absolute atomic E-state index is 0.144. The number of hydrogen-bond acceptors (Lipinski definition) is 5. The average molecular weight is 461 g/mol. The quantitative estimate of drug-likeness (QED) is 0.405. The van der Waals surface area contributed by atoms with Crippen molar-refractivity contribution in [3.8, 4) is 22.6 Å². The van der Waals surface area contributed by atoms with E-state index in [2.05, 4.69) is 10.3 Å². The molecule has 4 rings (SSSR count). The Morgan fingerprint density at radius 1 is 0.939 bits per heavy atom. The van der Waals surface area contributed by atoms with Crippen LogP contribution >= 0.6 is 0 Å². The predicted molar refractivity (Wildman–Crippen MR) is 129 cm³/mol. The van der Waals surface area contributed by atoms with Crippen molar-refractivity contribution in [3.63, 3.8) is 0 Å². The first-order chi connectivity index (χ1) is 15.8. The summed E-state index contributed by atoms with van der Waals surface area (Å²) in [4.78, 5) is 17.4. The van der Waals surface area contributed by atoms with Crippen LogP contribution in [0.4, 0.5) is 5.69 Å². The first kappa shape index (κ1) is 22.5. The molecule has 0 saturated heterocycles. The molecule has 4 aromatic rings. The highest BCUT2D eigenvalue weighted by atomic mass is 32.2. The van der Waals surface area contributed by atoms with Crippen LogP contribution in [0, 0.1) is 6.92 Å². The van der Waals surface area contributed by atoms with Gasteiger partial charge in [-0.3, -0.25) is 4.79 Å². The summed E-state index contributed by atoms with van der Waals surface area (Å²) in [6, 6.07) is 24.2. The van der Waals surface area contributed by atoms with Gasteiger partial charge in [0.25, 0.3) is 0 Å². The molecule has 0 aliphatic rings. The highest BCUT2D eigenvalue weighted by Crippen LogP contribution is 2.33. The van der Waals surface area contributed by atoms with Gasteiger partial charge in [-0.15, -0.1) is 0 Å². The van der Waals surface area contributed by atoms with Crippen molar-refractivity contribution in [2.24, 2.45) is 0 Å². The van der Waals surface area contributed by atoms with Gasteiger partial charge in [-0.25, -0.2) is 13.4 Å². The van der Waals surface area contributed by atoms with E-state index in [-0.39, 0.29) is 17.2 Å². The van der Waals surface area contributed by atoms with Crippen molar-refractivity contribution >= 4 is 21.4 Å². The molecule has 1 N–H and O–H groups in total. The third kappa shape index (κ3) is 5.38. The standard InChI is InChI=1S/C26H24N2O4S/c1-18-13-14-21(33(2,30)31)17-22(18)27-23(29)15-16-24-28-25(19-9-5-3-6-10-19)26(32-24)20-11-7-4-8-12-20/h3-14,17H,15-16H2,1-2H3,(H,27,29). The van der Waals surface area contributed by atoms with Crippen LogP contribution in [0.1, 0.15) is 17.9 Å². The molecule has 168 valence electrons. The Balaban J connectivity index is 1.53. The fourth-order valence-corrected chi connectivity index (χ4v) is 4.09. The van der Waals surface area contributed by atoms with Crippen LogP contribution in [0.3, 0.4) is 0 Å². The summed E-state index contributed by atoms with van der Waals surface area (Å²) in [7, 11) is -3.36. The Labute approximate surface area is 193 Å². The number of anilines is 1. The number of hydrogen-bond donors (Lipinski definition) is 1. The number of aromatic nitrogens is 1. The van der Waals surface area contributed by atoms with E-state index >= 15 is 0 Å². The van der Waals surface area contributed by atoms with Gasteiger partial charge in [0.2, 0.25) is 5.91 Å². The lowest BCUT2D eigenvalue weighted by molar-refractivity contribution is -0.116. The van der Waals surface area contributed by atoms with Gasteiger partial charge in [0, 0.05) is 35.9 Å². The van der Waals surface area contributed by atoms with Crippen molar-refractivity contribution in [1.29, 1.82) is 0 Å². The van der Waals surface area contributed by atoms with E-state index in [1.165, 1.54) is 12.1 Å². The van der Waals surface area contributed by atoms with E-state index in [1.54, 1.807) is 6.07 Å². The number of amides is 1. The smallest absolute Gasteiger partial charge is 0.224 e. The van der Waals surface area contributed by atoms with Gasteiger partial charge in [-0.05, 0) is 24.6 Å². The maximum absolute atomic E-state index is 12.6. The van der Waals surface area contributed by atoms with Crippen LogP contribution in [0.15, 0.2) is 88.2 Å². The average Bonchev–Trinajstić information content (AvgIpc) is 3.24. The SMILES string of the molecule is Cc1ccc(S(C)(=O)=O)cc1NC(=O)CCc1nc(-c2ccccc2)c(-c2ccccc2)o1. The second-order valence-electron chi connectivity index (χ2n) is 7.81. The third-order valence-corrected chi connectivity index (χ3v) is 6.34. The van der Waals surface area contributed by atoms with Crippen molar-refractivity contribution < 1.29 is 17.6 Å². The maximum Gasteiger partial charge on any atom is 0.224 e. The second-order valence-corrected chi connectivity index (χ2v) is 9.83. The van der Waals surface area contributed by atoms with Gasteiger partial charge in [-0.2, -0.15) is 0 Å². The Hall–Kier alpha value is -3.71. The first-order valence-electron chi connectivity index (χ1n) is 10.5. The highest BCUT2D eigenvalue weighted by molar-refractivity contribution is 7.90. The van der Waals surface area contributed by atoms with Crippen molar-refractivity contribution in [3.05, 3.63) is 90.3 Å². The number of nitrogens with zero attached hydrogens (tertiary/aromatic N) is 1. The second kappa shape index (κ2) is 9.42. The molecule has 0 aliphatic carbocycles. The Kier molecular flexibility index (Phi) is 6.42. The normalized spacial score (nSPS) is 11.3. The molecule has 33 heavy (non-hydrogen) atoms. The molecule has 0 fully saturated rings. The summed E-state index contributed by atoms with van der Waals surface area (Å²) < 4.78 is 29.7. The lowest BCUT2D eigenvalue weighted by atomic mass is 10.1. The zero-order valence-corrected chi connectivity index (χ0v) is 19.2. The van der Waals surface area contributed by atoms with E-state index < -0.39 is 9.84 Å². The number of sulfone groups is 1. The maximum atomic E-state index is 12.6. The summed E-state index contributed by atoms with van der Waals surface area (Å²) >= 11 is 0. The molecule has 0 atom stereocenters. The third-order valence-electron chi connectivity index (χ3n) is 5.23. The molecular formula is C26H24N2O4S. The molecule has 0 radical (unpaired) electrons. The molecule has 1 aromatic heterocycles. The molecule has 0 saturated carbocycles. The largest absolute Gasteiger partial charge is 0.440 e. The van der Waals surface area contributed by atoms with Gasteiger partial charge in [0.05, 0.1) is 4.90 Å².